The summed E-state index contributed by atoms with van der Waals surface area (Å²) in [4.78, 5) is 41.9. The average molecular weight is 606 g/mol. The van der Waals surface area contributed by atoms with Gasteiger partial charge in [-0.05, 0) is 70.6 Å². The number of alkyl halides is 3. The number of halogens is 3. The summed E-state index contributed by atoms with van der Waals surface area (Å²) in [6.07, 6.45) is 0.0118. The quantitative estimate of drug-likeness (QED) is 0.416. The lowest BCUT2D eigenvalue weighted by Crippen LogP contribution is -2.65. The third kappa shape index (κ3) is 7.31. The lowest BCUT2D eigenvalue weighted by Gasteiger charge is -2.50. The fourth-order valence-corrected chi connectivity index (χ4v) is 4.81. The van der Waals surface area contributed by atoms with Crippen molar-refractivity contribution in [1.29, 1.82) is 0 Å². The molecule has 2 bridgehead atoms. The number of aliphatic hydroxyl groups is 1. The van der Waals surface area contributed by atoms with Crippen molar-refractivity contribution >= 4 is 58.5 Å². The number of aliphatic carboxylic acids is 1. The highest BCUT2D eigenvalue weighted by Gasteiger charge is 2.51. The van der Waals surface area contributed by atoms with E-state index in [4.69, 9.17) is 49.4 Å². The number of fused-ring (bicyclic) bond motifs is 2. The Morgan fingerprint density at radius 3 is 2.10 bits per heavy atom. The van der Waals surface area contributed by atoms with E-state index in [0.29, 0.717) is 24.0 Å². The van der Waals surface area contributed by atoms with Crippen LogP contribution in [0.5, 0.6) is 0 Å². The Labute approximate surface area is 243 Å². The SMILES string of the molecule is CC(C)(C)OC(=O)N1CC2CC(c3ccc(CCCO)cc3)=C(C(=O)O)C(C1)N2C(=O)OC(C)(C)C(Cl)(Cl)Cl. The minimum Gasteiger partial charge on any atom is -0.478 e. The molecule has 3 rings (SSSR count). The van der Waals surface area contributed by atoms with Crippen LogP contribution in [-0.2, 0) is 20.7 Å². The maximum Gasteiger partial charge on any atom is 0.411 e. The van der Waals surface area contributed by atoms with Crippen LogP contribution in [-0.4, -0.2) is 84.9 Å². The molecule has 0 saturated carbocycles. The van der Waals surface area contributed by atoms with Gasteiger partial charge in [-0.25, -0.2) is 14.4 Å². The predicted octanol–water partition coefficient (Wildman–Crippen LogP) is 5.43. The number of piperazine rings is 1. The minimum absolute atomic E-state index is 0.0220. The molecule has 2 unspecified atom stereocenters. The van der Waals surface area contributed by atoms with Crippen LogP contribution < -0.4 is 0 Å². The predicted molar refractivity (Wildman–Crippen MR) is 149 cm³/mol. The first-order chi connectivity index (χ1) is 17.9. The van der Waals surface area contributed by atoms with Gasteiger partial charge in [0, 0.05) is 19.7 Å². The van der Waals surface area contributed by atoms with Gasteiger partial charge in [0.25, 0.3) is 0 Å². The Balaban J connectivity index is 2.05. The second-order valence-electron chi connectivity index (χ2n) is 11.3. The lowest BCUT2D eigenvalue weighted by atomic mass is 9.82. The van der Waals surface area contributed by atoms with E-state index < -0.39 is 45.2 Å². The molecule has 39 heavy (non-hydrogen) atoms. The normalized spacial score (nSPS) is 20.1. The fourth-order valence-electron chi connectivity index (χ4n) is 4.69. The lowest BCUT2D eigenvalue weighted by molar-refractivity contribution is -0.134. The molecule has 0 radical (unpaired) electrons. The van der Waals surface area contributed by atoms with Crippen molar-refractivity contribution < 1.29 is 34.1 Å². The number of aliphatic hydroxyl groups excluding tert-OH is 1. The van der Waals surface area contributed by atoms with Gasteiger partial charge in [0.1, 0.15) is 5.60 Å². The number of carbonyl (C=O) groups excluding carboxylic acids is 2. The smallest absolute Gasteiger partial charge is 0.411 e. The molecule has 2 amide bonds. The van der Waals surface area contributed by atoms with Crippen molar-refractivity contribution in [3.8, 4) is 0 Å². The minimum atomic E-state index is -1.94. The Morgan fingerprint density at radius 2 is 1.59 bits per heavy atom. The van der Waals surface area contributed by atoms with Crippen LogP contribution >= 0.6 is 34.8 Å². The Kier molecular flexibility index (Phi) is 9.42. The third-order valence-electron chi connectivity index (χ3n) is 6.70. The maximum absolute atomic E-state index is 13.5. The molecule has 1 aromatic carbocycles. The summed E-state index contributed by atoms with van der Waals surface area (Å²) >= 11 is 18.1. The van der Waals surface area contributed by atoms with Crippen LogP contribution in [0.1, 0.15) is 58.6 Å². The van der Waals surface area contributed by atoms with Gasteiger partial charge in [-0.3, -0.25) is 4.90 Å². The number of aryl methyl sites for hydroxylation is 1. The second-order valence-corrected chi connectivity index (χ2v) is 13.5. The van der Waals surface area contributed by atoms with Crippen molar-refractivity contribution in [3.63, 3.8) is 0 Å². The molecule has 2 aliphatic heterocycles. The molecule has 0 spiro atoms. The average Bonchev–Trinajstić information content (AvgIpc) is 2.79. The summed E-state index contributed by atoms with van der Waals surface area (Å²) in [5, 5.41) is 19.5. The summed E-state index contributed by atoms with van der Waals surface area (Å²) in [5.74, 6) is -1.22. The van der Waals surface area contributed by atoms with E-state index in [2.05, 4.69) is 0 Å². The van der Waals surface area contributed by atoms with E-state index in [-0.39, 0.29) is 31.7 Å². The highest BCUT2D eigenvalue weighted by Crippen LogP contribution is 2.43. The van der Waals surface area contributed by atoms with E-state index >= 15 is 0 Å². The standard InChI is InChI=1S/C27H35Cl3N2O7/c1-25(2,3)38-23(36)31-14-18-13-19(17-10-8-16(9-11-17)7-6-12-33)21(22(34)35)20(15-31)32(18)24(37)39-26(4,5)27(28,29)30/h8-11,18,20,33H,6-7,12-15H2,1-5H3,(H,34,35). The summed E-state index contributed by atoms with van der Waals surface area (Å²) in [6.45, 7) is 8.17. The number of nitrogens with zero attached hydrogens (tertiary/aromatic N) is 2. The topological polar surface area (TPSA) is 117 Å². The molecule has 1 fully saturated rings. The fraction of sp³-hybridized carbons (Fsp3) is 0.593. The Bertz CT molecular complexity index is 1120. The van der Waals surface area contributed by atoms with E-state index in [0.717, 1.165) is 5.56 Å². The van der Waals surface area contributed by atoms with Gasteiger partial charge in [-0.1, -0.05) is 59.1 Å². The van der Waals surface area contributed by atoms with Crippen molar-refractivity contribution in [2.24, 2.45) is 0 Å². The largest absolute Gasteiger partial charge is 0.478 e. The summed E-state index contributed by atoms with van der Waals surface area (Å²) in [7, 11) is 0. The molecule has 0 aromatic heterocycles. The van der Waals surface area contributed by atoms with Crippen LogP contribution in [0.3, 0.4) is 0 Å². The molecule has 1 aromatic rings. The number of amides is 2. The number of rotatable bonds is 6. The van der Waals surface area contributed by atoms with E-state index in [1.54, 1.807) is 20.8 Å². The maximum atomic E-state index is 13.5. The second kappa shape index (κ2) is 11.7. The van der Waals surface area contributed by atoms with Gasteiger partial charge in [-0.15, -0.1) is 0 Å². The molecule has 2 aliphatic rings. The number of benzene rings is 1. The number of hydrogen-bond acceptors (Lipinski definition) is 6. The molecule has 2 N–H and O–H groups in total. The molecule has 2 atom stereocenters. The zero-order chi connectivity index (χ0) is 29.3. The summed E-state index contributed by atoms with van der Waals surface area (Å²) < 4.78 is 9.19. The summed E-state index contributed by atoms with van der Waals surface area (Å²) in [6, 6.07) is 5.81. The molecule has 2 heterocycles. The number of ether oxygens (including phenoxy) is 2. The van der Waals surface area contributed by atoms with Crippen molar-refractivity contribution in [2.75, 3.05) is 19.7 Å². The first kappa shape index (κ1) is 31.3. The van der Waals surface area contributed by atoms with Crippen LogP contribution in [0.2, 0.25) is 0 Å². The van der Waals surface area contributed by atoms with Gasteiger partial charge in [0.05, 0.1) is 17.7 Å². The first-order valence-corrected chi connectivity index (χ1v) is 13.8. The monoisotopic (exact) mass is 604 g/mol. The van der Waals surface area contributed by atoms with Crippen molar-refractivity contribution in [2.45, 2.75) is 81.0 Å². The zero-order valence-electron chi connectivity index (χ0n) is 22.7. The third-order valence-corrected chi connectivity index (χ3v) is 8.06. The van der Waals surface area contributed by atoms with Gasteiger partial charge >= 0.3 is 18.2 Å². The van der Waals surface area contributed by atoms with Crippen LogP contribution in [0.15, 0.2) is 29.8 Å². The van der Waals surface area contributed by atoms with Crippen LogP contribution in [0.25, 0.3) is 5.57 Å². The molecule has 216 valence electrons. The highest BCUT2D eigenvalue weighted by atomic mass is 35.6. The highest BCUT2D eigenvalue weighted by molar-refractivity contribution is 6.68. The molecule has 1 saturated heterocycles. The van der Waals surface area contributed by atoms with Gasteiger partial charge < -0.3 is 24.6 Å². The first-order valence-electron chi connectivity index (χ1n) is 12.7. The van der Waals surface area contributed by atoms with Crippen LogP contribution in [0.4, 0.5) is 9.59 Å². The zero-order valence-corrected chi connectivity index (χ0v) is 24.9. The molecular formula is C27H35Cl3N2O7. The number of hydrogen-bond donors (Lipinski definition) is 2. The molecule has 0 aliphatic carbocycles. The Morgan fingerprint density at radius 1 is 0.974 bits per heavy atom. The molecule has 12 heteroatoms. The van der Waals surface area contributed by atoms with E-state index in [1.807, 2.05) is 24.3 Å². The number of carboxylic acid groups (broad SMARTS) is 1. The van der Waals surface area contributed by atoms with Gasteiger partial charge in [-0.2, -0.15) is 0 Å². The van der Waals surface area contributed by atoms with Gasteiger partial charge in [0.2, 0.25) is 3.79 Å². The van der Waals surface area contributed by atoms with Crippen LogP contribution in [0, 0.1) is 0 Å². The van der Waals surface area contributed by atoms with E-state index in [1.165, 1.54) is 23.6 Å². The molecule has 9 nitrogen and oxygen atoms in total. The molecular weight excluding hydrogens is 571 g/mol. The van der Waals surface area contributed by atoms with E-state index in [9.17, 15) is 19.5 Å². The van der Waals surface area contributed by atoms with Crippen molar-refractivity contribution in [1.82, 2.24) is 9.80 Å². The number of carboxylic acids is 1. The van der Waals surface area contributed by atoms with Gasteiger partial charge in [0.15, 0.2) is 5.60 Å². The Hall–Kier alpha value is -2.20. The summed E-state index contributed by atoms with van der Waals surface area (Å²) in [5.41, 5.74) is -0.0190. The number of carbonyl (C=O) groups is 3. The van der Waals surface area contributed by atoms with Crippen molar-refractivity contribution in [3.05, 3.63) is 41.0 Å².